The predicted octanol–water partition coefficient (Wildman–Crippen LogP) is 4.95. The number of benzene rings is 1. The minimum Gasteiger partial charge on any atom is -0.314 e. The fraction of sp³-hybridized carbons (Fsp3) is 0.684. The van der Waals surface area contributed by atoms with Gasteiger partial charge in [-0.3, -0.25) is 0 Å². The van der Waals surface area contributed by atoms with Gasteiger partial charge in [0.2, 0.25) is 0 Å². The molecule has 1 fully saturated rings. The van der Waals surface area contributed by atoms with Crippen LogP contribution in [0, 0.1) is 17.2 Å². The topological polar surface area (TPSA) is 12.0 Å². The molecule has 0 aromatic heterocycles. The molecule has 0 saturated heterocycles. The van der Waals surface area contributed by atoms with Crippen LogP contribution in [0.1, 0.15) is 58.4 Å². The van der Waals surface area contributed by atoms with Crippen molar-refractivity contribution in [3.63, 3.8) is 0 Å². The minimum absolute atomic E-state index is 0.149. The molecule has 0 radical (unpaired) electrons. The zero-order chi connectivity index (χ0) is 15.3. The summed E-state index contributed by atoms with van der Waals surface area (Å²) < 4.78 is 12.9. The van der Waals surface area contributed by atoms with Crippen molar-refractivity contribution >= 4 is 0 Å². The Morgan fingerprint density at radius 2 is 1.76 bits per heavy atom. The summed E-state index contributed by atoms with van der Waals surface area (Å²) in [7, 11) is 0. The van der Waals surface area contributed by atoms with Crippen LogP contribution >= 0.6 is 0 Å². The molecule has 2 heteroatoms. The van der Waals surface area contributed by atoms with Gasteiger partial charge in [0.25, 0.3) is 0 Å². The summed E-state index contributed by atoms with van der Waals surface area (Å²) in [6.45, 7) is 8.12. The average Bonchev–Trinajstić information content (AvgIpc) is 2.66. The summed E-state index contributed by atoms with van der Waals surface area (Å²) >= 11 is 0. The van der Waals surface area contributed by atoms with Gasteiger partial charge in [-0.15, -0.1) is 0 Å². The highest BCUT2D eigenvalue weighted by molar-refractivity contribution is 5.16. The summed E-state index contributed by atoms with van der Waals surface area (Å²) in [6, 6.07) is 7.54. The normalized spacial score (nSPS) is 23.8. The van der Waals surface area contributed by atoms with Crippen LogP contribution in [0.5, 0.6) is 0 Å². The summed E-state index contributed by atoms with van der Waals surface area (Å²) in [6.07, 6.45) is 7.65. The molecule has 118 valence electrons. The van der Waals surface area contributed by atoms with E-state index in [9.17, 15) is 4.39 Å². The summed E-state index contributed by atoms with van der Waals surface area (Å²) in [5, 5.41) is 3.70. The molecular weight excluding hydrogens is 261 g/mol. The minimum atomic E-state index is -0.149. The number of nitrogens with one attached hydrogen (secondary N) is 1. The molecule has 1 aliphatic carbocycles. The second-order valence-electron chi connectivity index (χ2n) is 7.60. The maximum absolute atomic E-state index is 12.9. The Hall–Kier alpha value is -0.890. The zero-order valence-electron chi connectivity index (χ0n) is 13.8. The van der Waals surface area contributed by atoms with Crippen molar-refractivity contribution in [3.05, 3.63) is 35.6 Å². The molecule has 0 aliphatic heterocycles. The summed E-state index contributed by atoms with van der Waals surface area (Å²) in [5.41, 5.74) is 1.66. The SMILES string of the molecule is CC(C)(C)C1CCCC(NCCc2ccc(F)cc2)CC1. The fourth-order valence-corrected chi connectivity index (χ4v) is 3.44. The van der Waals surface area contributed by atoms with E-state index >= 15 is 0 Å². The number of rotatable bonds is 4. The summed E-state index contributed by atoms with van der Waals surface area (Å²) in [5.74, 6) is 0.713. The third-order valence-electron chi connectivity index (χ3n) is 4.95. The molecule has 1 nitrogen and oxygen atoms in total. The smallest absolute Gasteiger partial charge is 0.123 e. The molecule has 1 N–H and O–H groups in total. The van der Waals surface area contributed by atoms with Gasteiger partial charge in [0.1, 0.15) is 5.82 Å². The maximum atomic E-state index is 12.9. The lowest BCUT2D eigenvalue weighted by atomic mass is 9.76. The number of halogens is 1. The van der Waals surface area contributed by atoms with Gasteiger partial charge < -0.3 is 5.32 Å². The molecule has 1 aromatic carbocycles. The van der Waals surface area contributed by atoms with Crippen molar-refractivity contribution in [3.8, 4) is 0 Å². The first kappa shape index (κ1) is 16.5. The third kappa shape index (κ3) is 5.43. The van der Waals surface area contributed by atoms with E-state index < -0.39 is 0 Å². The maximum Gasteiger partial charge on any atom is 0.123 e. The van der Waals surface area contributed by atoms with Crippen LogP contribution in [-0.2, 0) is 6.42 Å². The first-order valence-electron chi connectivity index (χ1n) is 8.43. The Balaban J connectivity index is 1.73. The van der Waals surface area contributed by atoms with E-state index in [1.165, 1.54) is 37.7 Å². The average molecular weight is 291 g/mol. The molecule has 21 heavy (non-hydrogen) atoms. The Bertz CT molecular complexity index is 418. The van der Waals surface area contributed by atoms with Crippen LogP contribution in [-0.4, -0.2) is 12.6 Å². The third-order valence-corrected chi connectivity index (χ3v) is 4.95. The van der Waals surface area contributed by atoms with Gasteiger partial charge in [0, 0.05) is 6.04 Å². The van der Waals surface area contributed by atoms with E-state index in [1.54, 1.807) is 12.1 Å². The predicted molar refractivity (Wildman–Crippen MR) is 87.9 cm³/mol. The lowest BCUT2D eigenvalue weighted by Gasteiger charge is -2.29. The summed E-state index contributed by atoms with van der Waals surface area (Å²) in [4.78, 5) is 0. The van der Waals surface area contributed by atoms with Gasteiger partial charge in [-0.1, -0.05) is 39.3 Å². The van der Waals surface area contributed by atoms with E-state index in [-0.39, 0.29) is 5.82 Å². The van der Waals surface area contributed by atoms with Crippen LogP contribution in [0.15, 0.2) is 24.3 Å². The molecule has 2 atom stereocenters. The first-order chi connectivity index (χ1) is 9.95. The Kier molecular flexibility index (Phi) is 5.80. The van der Waals surface area contributed by atoms with E-state index in [1.807, 2.05) is 12.1 Å². The molecule has 2 rings (SSSR count). The highest BCUT2D eigenvalue weighted by Crippen LogP contribution is 2.36. The van der Waals surface area contributed by atoms with Crippen molar-refractivity contribution in [2.24, 2.45) is 11.3 Å². The second-order valence-corrected chi connectivity index (χ2v) is 7.60. The number of hydrogen-bond acceptors (Lipinski definition) is 1. The van der Waals surface area contributed by atoms with Gasteiger partial charge in [0.05, 0.1) is 0 Å². The number of hydrogen-bond donors (Lipinski definition) is 1. The highest BCUT2D eigenvalue weighted by atomic mass is 19.1. The molecule has 1 saturated carbocycles. The largest absolute Gasteiger partial charge is 0.314 e. The standard InChI is InChI=1S/C19H30FN/c1-19(2,3)16-5-4-6-18(12-9-16)21-14-13-15-7-10-17(20)11-8-15/h7-8,10-11,16,18,21H,4-6,9,12-14H2,1-3H3. The molecule has 1 aromatic rings. The Morgan fingerprint density at radius 1 is 1.05 bits per heavy atom. The fourth-order valence-electron chi connectivity index (χ4n) is 3.44. The molecule has 0 heterocycles. The van der Waals surface area contributed by atoms with Crippen LogP contribution in [0.25, 0.3) is 0 Å². The second kappa shape index (κ2) is 7.40. The lowest BCUT2D eigenvalue weighted by Crippen LogP contribution is -2.30. The van der Waals surface area contributed by atoms with Crippen molar-refractivity contribution < 1.29 is 4.39 Å². The van der Waals surface area contributed by atoms with Crippen LogP contribution in [0.4, 0.5) is 4.39 Å². The molecular formula is C19H30FN. The van der Waals surface area contributed by atoms with E-state index in [0.717, 1.165) is 18.9 Å². The van der Waals surface area contributed by atoms with Gasteiger partial charge in [-0.25, -0.2) is 4.39 Å². The van der Waals surface area contributed by atoms with Gasteiger partial charge in [0.15, 0.2) is 0 Å². The van der Waals surface area contributed by atoms with Crippen molar-refractivity contribution in [1.29, 1.82) is 0 Å². The first-order valence-corrected chi connectivity index (χ1v) is 8.43. The van der Waals surface area contributed by atoms with Crippen molar-refractivity contribution in [1.82, 2.24) is 5.32 Å². The molecule has 1 aliphatic rings. The molecule has 0 bridgehead atoms. The Morgan fingerprint density at radius 3 is 2.43 bits per heavy atom. The van der Waals surface area contributed by atoms with Gasteiger partial charge >= 0.3 is 0 Å². The Labute approximate surface area is 129 Å². The van der Waals surface area contributed by atoms with Crippen molar-refractivity contribution in [2.75, 3.05) is 6.54 Å². The van der Waals surface area contributed by atoms with Crippen LogP contribution < -0.4 is 5.32 Å². The van der Waals surface area contributed by atoms with Gasteiger partial charge in [-0.05, 0) is 67.7 Å². The molecule has 2 unspecified atom stereocenters. The highest BCUT2D eigenvalue weighted by Gasteiger charge is 2.27. The zero-order valence-corrected chi connectivity index (χ0v) is 13.8. The lowest BCUT2D eigenvalue weighted by molar-refractivity contribution is 0.213. The van der Waals surface area contributed by atoms with Crippen molar-refractivity contribution in [2.45, 2.75) is 65.3 Å². The van der Waals surface area contributed by atoms with E-state index in [4.69, 9.17) is 0 Å². The van der Waals surface area contributed by atoms with Gasteiger partial charge in [-0.2, -0.15) is 0 Å². The van der Waals surface area contributed by atoms with E-state index in [0.29, 0.717) is 11.5 Å². The van der Waals surface area contributed by atoms with Crippen LogP contribution in [0.3, 0.4) is 0 Å². The molecule has 0 spiro atoms. The van der Waals surface area contributed by atoms with Crippen LogP contribution in [0.2, 0.25) is 0 Å². The van der Waals surface area contributed by atoms with E-state index in [2.05, 4.69) is 26.1 Å². The monoisotopic (exact) mass is 291 g/mol. The molecule has 0 amide bonds. The quantitative estimate of drug-likeness (QED) is 0.774.